The van der Waals surface area contributed by atoms with Gasteiger partial charge in [0.05, 0.1) is 11.9 Å². The van der Waals surface area contributed by atoms with Crippen molar-refractivity contribution in [3.05, 3.63) is 12.5 Å². The normalized spacial score (nSPS) is 20.3. The van der Waals surface area contributed by atoms with Gasteiger partial charge in [-0.2, -0.15) is 11.8 Å². The predicted octanol–water partition coefficient (Wildman–Crippen LogP) is 1.39. The van der Waals surface area contributed by atoms with Gasteiger partial charge in [-0.25, -0.2) is 9.97 Å². The highest BCUT2D eigenvalue weighted by atomic mass is 32.2. The fourth-order valence-corrected chi connectivity index (χ4v) is 2.91. The minimum absolute atomic E-state index is 0.273. The molecule has 15 heavy (non-hydrogen) atoms. The highest BCUT2D eigenvalue weighted by molar-refractivity contribution is 8.00. The zero-order chi connectivity index (χ0) is 10.9. The monoisotopic (exact) mass is 224 g/mol. The third-order valence-electron chi connectivity index (χ3n) is 2.44. The van der Waals surface area contributed by atoms with Crippen LogP contribution in [0, 0.1) is 0 Å². The standard InChI is InChI=1S/C10H16N4S/c1-10(2)6-14(3-4-15-10)9-8(11)5-12-7-13-9/h5,7H,3-4,6,11H2,1-2H3. The van der Waals surface area contributed by atoms with Crippen molar-refractivity contribution in [2.24, 2.45) is 0 Å². The van der Waals surface area contributed by atoms with E-state index < -0.39 is 0 Å². The highest BCUT2D eigenvalue weighted by Crippen LogP contribution is 2.32. The number of thioether (sulfide) groups is 1. The van der Waals surface area contributed by atoms with Crippen molar-refractivity contribution in [2.45, 2.75) is 18.6 Å². The van der Waals surface area contributed by atoms with Crippen LogP contribution in [-0.4, -0.2) is 33.6 Å². The first-order valence-corrected chi connectivity index (χ1v) is 6.01. The van der Waals surface area contributed by atoms with Gasteiger partial charge in [0.1, 0.15) is 6.33 Å². The average Bonchev–Trinajstić information content (AvgIpc) is 2.17. The number of aromatic nitrogens is 2. The van der Waals surface area contributed by atoms with Crippen molar-refractivity contribution in [3.8, 4) is 0 Å². The number of nitrogens with zero attached hydrogens (tertiary/aromatic N) is 3. The van der Waals surface area contributed by atoms with Crippen LogP contribution in [-0.2, 0) is 0 Å². The lowest BCUT2D eigenvalue weighted by Gasteiger charge is -2.38. The lowest BCUT2D eigenvalue weighted by molar-refractivity contribution is 0.642. The number of rotatable bonds is 1. The Labute approximate surface area is 94.3 Å². The van der Waals surface area contributed by atoms with Crippen LogP contribution in [0.2, 0.25) is 0 Å². The summed E-state index contributed by atoms with van der Waals surface area (Å²) in [5.74, 6) is 1.99. The molecule has 5 heteroatoms. The Morgan fingerprint density at radius 3 is 3.00 bits per heavy atom. The second-order valence-corrected chi connectivity index (χ2v) is 6.13. The van der Waals surface area contributed by atoms with Gasteiger partial charge in [0.2, 0.25) is 0 Å². The Balaban J connectivity index is 2.21. The number of nitrogen functional groups attached to an aromatic ring is 1. The Kier molecular flexibility index (Phi) is 2.73. The second kappa shape index (κ2) is 3.89. The van der Waals surface area contributed by atoms with Gasteiger partial charge in [-0.1, -0.05) is 0 Å². The topological polar surface area (TPSA) is 55.0 Å². The SMILES string of the molecule is CC1(C)CN(c2ncncc2N)CCS1. The number of hydrogen-bond donors (Lipinski definition) is 1. The Morgan fingerprint density at radius 1 is 1.53 bits per heavy atom. The van der Waals surface area contributed by atoms with Gasteiger partial charge in [-0.3, -0.25) is 0 Å². The van der Waals surface area contributed by atoms with E-state index in [4.69, 9.17) is 5.73 Å². The van der Waals surface area contributed by atoms with Gasteiger partial charge in [-0.05, 0) is 13.8 Å². The average molecular weight is 224 g/mol. The molecule has 1 aliphatic heterocycles. The van der Waals surface area contributed by atoms with Gasteiger partial charge in [0, 0.05) is 23.6 Å². The van der Waals surface area contributed by atoms with Gasteiger partial charge >= 0.3 is 0 Å². The van der Waals surface area contributed by atoms with Crippen molar-refractivity contribution in [1.82, 2.24) is 9.97 Å². The quantitative estimate of drug-likeness (QED) is 0.781. The molecule has 1 aromatic heterocycles. The summed E-state index contributed by atoms with van der Waals surface area (Å²) >= 11 is 2.00. The zero-order valence-corrected chi connectivity index (χ0v) is 9.92. The van der Waals surface area contributed by atoms with Crippen molar-refractivity contribution >= 4 is 23.3 Å². The molecule has 1 aromatic rings. The third-order valence-corrected chi connectivity index (χ3v) is 3.74. The lowest BCUT2D eigenvalue weighted by Crippen LogP contribution is -2.43. The van der Waals surface area contributed by atoms with E-state index in [2.05, 4.69) is 28.7 Å². The number of hydrogen-bond acceptors (Lipinski definition) is 5. The summed E-state index contributed by atoms with van der Waals surface area (Å²) in [6.45, 7) is 6.50. The molecule has 0 unspecified atom stereocenters. The maximum Gasteiger partial charge on any atom is 0.155 e. The lowest BCUT2D eigenvalue weighted by atomic mass is 10.2. The Morgan fingerprint density at radius 2 is 2.33 bits per heavy atom. The Bertz CT molecular complexity index is 353. The molecule has 2 heterocycles. The largest absolute Gasteiger partial charge is 0.394 e. The zero-order valence-electron chi connectivity index (χ0n) is 9.10. The fourth-order valence-electron chi connectivity index (χ4n) is 1.80. The van der Waals surface area contributed by atoms with Crippen molar-refractivity contribution in [3.63, 3.8) is 0 Å². The summed E-state index contributed by atoms with van der Waals surface area (Å²) in [5, 5.41) is 0. The molecule has 0 bridgehead atoms. The van der Waals surface area contributed by atoms with Gasteiger partial charge in [0.15, 0.2) is 5.82 Å². The molecule has 1 fully saturated rings. The summed E-state index contributed by atoms with van der Waals surface area (Å²) in [4.78, 5) is 10.4. The molecule has 0 aromatic carbocycles. The van der Waals surface area contributed by atoms with Crippen LogP contribution in [0.5, 0.6) is 0 Å². The van der Waals surface area contributed by atoms with E-state index in [1.54, 1.807) is 12.5 Å². The molecule has 0 spiro atoms. The van der Waals surface area contributed by atoms with Crippen LogP contribution >= 0.6 is 11.8 Å². The van der Waals surface area contributed by atoms with Crippen LogP contribution in [0.3, 0.4) is 0 Å². The van der Waals surface area contributed by atoms with Crippen molar-refractivity contribution in [2.75, 3.05) is 29.5 Å². The smallest absolute Gasteiger partial charge is 0.155 e. The molecule has 1 saturated heterocycles. The highest BCUT2D eigenvalue weighted by Gasteiger charge is 2.28. The van der Waals surface area contributed by atoms with Gasteiger partial charge in [-0.15, -0.1) is 0 Å². The van der Waals surface area contributed by atoms with Crippen LogP contribution < -0.4 is 10.6 Å². The van der Waals surface area contributed by atoms with Gasteiger partial charge in [0.25, 0.3) is 0 Å². The molecule has 82 valence electrons. The van der Waals surface area contributed by atoms with E-state index in [1.165, 1.54) is 0 Å². The molecular formula is C10H16N4S. The number of nitrogens with two attached hydrogens (primary N) is 1. The number of anilines is 2. The third kappa shape index (κ3) is 2.34. The maximum absolute atomic E-state index is 5.87. The van der Waals surface area contributed by atoms with E-state index >= 15 is 0 Å². The van der Waals surface area contributed by atoms with Crippen LogP contribution in [0.15, 0.2) is 12.5 Å². The minimum atomic E-state index is 0.273. The molecule has 0 amide bonds. The van der Waals surface area contributed by atoms with Gasteiger partial charge < -0.3 is 10.6 Å². The maximum atomic E-state index is 5.87. The van der Waals surface area contributed by atoms with E-state index in [9.17, 15) is 0 Å². The first-order valence-electron chi connectivity index (χ1n) is 5.03. The summed E-state index contributed by atoms with van der Waals surface area (Å²) < 4.78 is 0.273. The molecule has 4 nitrogen and oxygen atoms in total. The van der Waals surface area contributed by atoms with E-state index in [-0.39, 0.29) is 4.75 Å². The molecule has 0 saturated carbocycles. The summed E-state index contributed by atoms with van der Waals surface area (Å²) in [6, 6.07) is 0. The minimum Gasteiger partial charge on any atom is -0.394 e. The molecule has 0 aliphatic carbocycles. The van der Waals surface area contributed by atoms with Crippen molar-refractivity contribution < 1.29 is 0 Å². The second-order valence-electron chi connectivity index (χ2n) is 4.33. The molecule has 0 atom stereocenters. The first kappa shape index (κ1) is 10.5. The molecule has 2 N–H and O–H groups in total. The van der Waals surface area contributed by atoms with E-state index in [0.29, 0.717) is 5.69 Å². The molecule has 1 aliphatic rings. The summed E-state index contributed by atoms with van der Waals surface area (Å²) in [7, 11) is 0. The van der Waals surface area contributed by atoms with Crippen LogP contribution in [0.4, 0.5) is 11.5 Å². The van der Waals surface area contributed by atoms with E-state index in [1.807, 2.05) is 11.8 Å². The van der Waals surface area contributed by atoms with Crippen LogP contribution in [0.1, 0.15) is 13.8 Å². The van der Waals surface area contributed by atoms with Crippen LogP contribution in [0.25, 0.3) is 0 Å². The van der Waals surface area contributed by atoms with E-state index in [0.717, 1.165) is 24.7 Å². The molecule has 0 radical (unpaired) electrons. The summed E-state index contributed by atoms with van der Waals surface area (Å²) in [5.41, 5.74) is 6.53. The molecule has 2 rings (SSSR count). The predicted molar refractivity (Wildman–Crippen MR) is 65.2 cm³/mol. The fraction of sp³-hybridized carbons (Fsp3) is 0.600. The summed E-state index contributed by atoms with van der Waals surface area (Å²) in [6.07, 6.45) is 3.22. The molecular weight excluding hydrogens is 208 g/mol. The first-order chi connectivity index (χ1) is 7.08. The van der Waals surface area contributed by atoms with Crippen molar-refractivity contribution in [1.29, 1.82) is 0 Å². The Hall–Kier alpha value is -0.970.